The third kappa shape index (κ3) is 7.29. The Morgan fingerprint density at radius 1 is 1.50 bits per heavy atom. The molecule has 0 aliphatic heterocycles. The van der Waals surface area contributed by atoms with E-state index in [2.05, 4.69) is 22.7 Å². The molecule has 0 radical (unpaired) electrons. The number of carbonyl (C=O) groups excluding carboxylic acids is 1. The van der Waals surface area contributed by atoms with Crippen molar-refractivity contribution in [1.29, 1.82) is 0 Å². The highest BCUT2D eigenvalue weighted by Crippen LogP contribution is 1.98. The van der Waals surface area contributed by atoms with Crippen molar-refractivity contribution in [1.82, 2.24) is 20.4 Å². The number of halogens is 1. The summed E-state index contributed by atoms with van der Waals surface area (Å²) in [5.74, 6) is 0.524. The lowest BCUT2D eigenvalue weighted by atomic mass is 10.2. The highest BCUT2D eigenvalue weighted by Gasteiger charge is 2.06. The number of aromatic nitrogens is 2. The predicted molar refractivity (Wildman–Crippen MR) is 74.8 cm³/mol. The molecule has 5 nitrogen and oxygen atoms in total. The van der Waals surface area contributed by atoms with E-state index in [1.165, 1.54) is 0 Å². The van der Waals surface area contributed by atoms with Gasteiger partial charge in [-0.25, -0.2) is 0 Å². The van der Waals surface area contributed by atoms with Crippen LogP contribution in [0.3, 0.4) is 0 Å². The number of hydrogen-bond donors (Lipinski definition) is 2. The Bertz CT molecular complexity index is 316. The fourth-order valence-corrected chi connectivity index (χ4v) is 1.59. The largest absolute Gasteiger partial charge is 0.356 e. The Morgan fingerprint density at radius 3 is 2.89 bits per heavy atom. The van der Waals surface area contributed by atoms with Gasteiger partial charge in [-0.15, -0.1) is 12.4 Å². The maximum Gasteiger partial charge on any atom is 0.220 e. The van der Waals surface area contributed by atoms with Crippen LogP contribution in [-0.2, 0) is 11.3 Å². The zero-order valence-corrected chi connectivity index (χ0v) is 11.9. The number of nitrogens with zero attached hydrogens (tertiary/aromatic N) is 2. The first-order valence-corrected chi connectivity index (χ1v) is 6.11. The third-order valence-corrected chi connectivity index (χ3v) is 2.54. The van der Waals surface area contributed by atoms with Crippen molar-refractivity contribution < 1.29 is 4.79 Å². The first-order valence-electron chi connectivity index (χ1n) is 6.11. The zero-order chi connectivity index (χ0) is 12.5. The summed E-state index contributed by atoms with van der Waals surface area (Å²) >= 11 is 0. The molecule has 0 fully saturated rings. The molecule has 104 valence electrons. The highest BCUT2D eigenvalue weighted by atomic mass is 35.5. The van der Waals surface area contributed by atoms with Crippen LogP contribution in [0.1, 0.15) is 19.8 Å². The summed E-state index contributed by atoms with van der Waals surface area (Å²) < 4.78 is 1.89. The number of nitrogens with one attached hydrogen (secondary N) is 2. The van der Waals surface area contributed by atoms with Crippen LogP contribution in [0.5, 0.6) is 0 Å². The fourth-order valence-electron chi connectivity index (χ4n) is 1.59. The Morgan fingerprint density at radius 2 is 2.28 bits per heavy atom. The van der Waals surface area contributed by atoms with Gasteiger partial charge < -0.3 is 10.6 Å². The maximum absolute atomic E-state index is 11.5. The van der Waals surface area contributed by atoms with Gasteiger partial charge in [-0.3, -0.25) is 9.48 Å². The Labute approximate surface area is 115 Å². The summed E-state index contributed by atoms with van der Waals surface area (Å²) in [7, 11) is 1.89. The molecule has 1 heterocycles. The lowest BCUT2D eigenvalue weighted by Gasteiger charge is -2.12. The van der Waals surface area contributed by atoms with E-state index < -0.39 is 0 Å². The highest BCUT2D eigenvalue weighted by molar-refractivity contribution is 5.85. The standard InChI is InChI=1S/C12H22N4O.ClH/c1-11(10-16-8-4-7-15-16)9-14-12(17)5-3-6-13-2;/h4,7-8,11,13H,3,5-6,9-10H2,1-2H3,(H,14,17);1H. The monoisotopic (exact) mass is 274 g/mol. The quantitative estimate of drug-likeness (QED) is 0.697. The van der Waals surface area contributed by atoms with E-state index in [0.717, 1.165) is 19.5 Å². The van der Waals surface area contributed by atoms with Crippen molar-refractivity contribution >= 4 is 18.3 Å². The van der Waals surface area contributed by atoms with E-state index in [9.17, 15) is 4.79 Å². The van der Waals surface area contributed by atoms with Gasteiger partial charge in [0.05, 0.1) is 0 Å². The van der Waals surface area contributed by atoms with Gasteiger partial charge in [-0.1, -0.05) is 6.92 Å². The van der Waals surface area contributed by atoms with E-state index in [-0.39, 0.29) is 18.3 Å². The van der Waals surface area contributed by atoms with Crippen LogP contribution in [0.4, 0.5) is 0 Å². The molecule has 0 saturated carbocycles. The number of rotatable bonds is 8. The summed E-state index contributed by atoms with van der Waals surface area (Å²) in [6.45, 7) is 4.54. The van der Waals surface area contributed by atoms with Crippen LogP contribution >= 0.6 is 12.4 Å². The molecule has 0 spiro atoms. The minimum Gasteiger partial charge on any atom is -0.356 e. The smallest absolute Gasteiger partial charge is 0.220 e. The molecular weight excluding hydrogens is 252 g/mol. The topological polar surface area (TPSA) is 59.0 Å². The fraction of sp³-hybridized carbons (Fsp3) is 0.667. The van der Waals surface area contributed by atoms with E-state index in [4.69, 9.17) is 0 Å². The van der Waals surface area contributed by atoms with Gasteiger partial charge in [-0.2, -0.15) is 5.10 Å². The van der Waals surface area contributed by atoms with Crippen LogP contribution in [0.15, 0.2) is 18.5 Å². The molecular formula is C12H23ClN4O. The van der Waals surface area contributed by atoms with Crippen molar-refractivity contribution in [3.05, 3.63) is 18.5 Å². The minimum atomic E-state index is 0. The SMILES string of the molecule is CNCCCC(=O)NCC(C)Cn1cccn1.Cl. The Kier molecular flexibility index (Phi) is 9.32. The number of hydrogen-bond acceptors (Lipinski definition) is 3. The third-order valence-electron chi connectivity index (χ3n) is 2.54. The number of amides is 1. The zero-order valence-electron chi connectivity index (χ0n) is 11.1. The van der Waals surface area contributed by atoms with Crippen molar-refractivity contribution in [2.75, 3.05) is 20.1 Å². The van der Waals surface area contributed by atoms with Gasteiger partial charge in [0.15, 0.2) is 0 Å². The summed E-state index contributed by atoms with van der Waals surface area (Å²) in [6.07, 6.45) is 5.18. The van der Waals surface area contributed by atoms with Gasteiger partial charge >= 0.3 is 0 Å². The Balaban J connectivity index is 0.00000289. The van der Waals surface area contributed by atoms with E-state index in [0.29, 0.717) is 18.9 Å². The van der Waals surface area contributed by atoms with Gasteiger partial charge in [-0.05, 0) is 32.0 Å². The van der Waals surface area contributed by atoms with E-state index in [1.807, 2.05) is 24.0 Å². The van der Waals surface area contributed by atoms with Crippen LogP contribution in [0.25, 0.3) is 0 Å². The van der Waals surface area contributed by atoms with Crippen molar-refractivity contribution in [2.24, 2.45) is 5.92 Å². The van der Waals surface area contributed by atoms with Crippen LogP contribution < -0.4 is 10.6 Å². The molecule has 0 bridgehead atoms. The second-order valence-electron chi connectivity index (χ2n) is 4.34. The number of carbonyl (C=O) groups is 1. The van der Waals surface area contributed by atoms with E-state index in [1.54, 1.807) is 6.20 Å². The van der Waals surface area contributed by atoms with Crippen molar-refractivity contribution in [3.8, 4) is 0 Å². The molecule has 1 unspecified atom stereocenters. The van der Waals surface area contributed by atoms with Crippen LogP contribution in [-0.4, -0.2) is 35.8 Å². The first kappa shape index (κ1) is 16.9. The molecule has 6 heteroatoms. The van der Waals surface area contributed by atoms with Crippen LogP contribution in [0.2, 0.25) is 0 Å². The lowest BCUT2D eigenvalue weighted by Crippen LogP contribution is -2.30. The molecule has 0 saturated heterocycles. The summed E-state index contributed by atoms with van der Waals surface area (Å²) in [4.78, 5) is 11.5. The normalized spacial score (nSPS) is 11.7. The second kappa shape index (κ2) is 9.91. The molecule has 0 aromatic carbocycles. The Hall–Kier alpha value is -1.07. The van der Waals surface area contributed by atoms with Crippen molar-refractivity contribution in [3.63, 3.8) is 0 Å². The molecule has 1 aromatic rings. The maximum atomic E-state index is 11.5. The van der Waals surface area contributed by atoms with E-state index >= 15 is 0 Å². The average molecular weight is 275 g/mol. The van der Waals surface area contributed by atoms with Crippen molar-refractivity contribution in [2.45, 2.75) is 26.3 Å². The molecule has 0 aliphatic rings. The summed E-state index contributed by atoms with van der Waals surface area (Å²) in [6, 6.07) is 1.91. The minimum absolute atomic E-state index is 0. The molecule has 1 amide bonds. The first-order chi connectivity index (χ1) is 8.22. The molecule has 1 aromatic heterocycles. The average Bonchev–Trinajstić information content (AvgIpc) is 2.79. The van der Waals surface area contributed by atoms with Gasteiger partial charge in [0, 0.05) is 31.9 Å². The molecule has 18 heavy (non-hydrogen) atoms. The molecule has 1 atom stereocenters. The molecule has 2 N–H and O–H groups in total. The van der Waals surface area contributed by atoms with Gasteiger partial charge in [0.1, 0.15) is 0 Å². The predicted octanol–water partition coefficient (Wildman–Crippen LogP) is 1.06. The molecule has 1 rings (SSSR count). The van der Waals surface area contributed by atoms with Gasteiger partial charge in [0.25, 0.3) is 0 Å². The second-order valence-corrected chi connectivity index (χ2v) is 4.34. The lowest BCUT2D eigenvalue weighted by molar-refractivity contribution is -0.121. The van der Waals surface area contributed by atoms with Gasteiger partial charge in [0.2, 0.25) is 5.91 Å². The molecule has 0 aliphatic carbocycles. The van der Waals surface area contributed by atoms with Crippen LogP contribution in [0, 0.1) is 5.92 Å². The summed E-state index contributed by atoms with van der Waals surface area (Å²) in [5.41, 5.74) is 0. The summed E-state index contributed by atoms with van der Waals surface area (Å²) in [5, 5.41) is 10.1.